The minimum absolute atomic E-state index is 0.00273. The van der Waals surface area contributed by atoms with E-state index in [1.807, 2.05) is 0 Å². The van der Waals surface area contributed by atoms with Crippen molar-refractivity contribution in [3.8, 4) is 5.88 Å². The molecule has 1 aromatic heterocycles. The lowest BCUT2D eigenvalue weighted by molar-refractivity contribution is 0.458. The van der Waals surface area contributed by atoms with Crippen molar-refractivity contribution in [1.82, 2.24) is 4.98 Å². The Morgan fingerprint density at radius 3 is 2.88 bits per heavy atom. The molecule has 0 radical (unpaired) electrons. The third kappa shape index (κ3) is 0.877. The lowest BCUT2D eigenvalue weighted by Gasteiger charge is -1.84. The van der Waals surface area contributed by atoms with E-state index < -0.39 is 0 Å². The van der Waals surface area contributed by atoms with Crippen LogP contribution in [-0.2, 0) is 0 Å². The summed E-state index contributed by atoms with van der Waals surface area (Å²) < 4.78 is 0. The molecule has 1 aromatic rings. The molecule has 0 aliphatic carbocycles. The Bertz CT molecular complexity index is 175. The van der Waals surface area contributed by atoms with E-state index in [-0.39, 0.29) is 5.88 Å². The Labute approximate surface area is 49.9 Å². The minimum Gasteiger partial charge on any atom is -0.493 e. The van der Waals surface area contributed by atoms with Gasteiger partial charge in [-0.1, -0.05) is 0 Å². The van der Waals surface area contributed by atoms with E-state index >= 15 is 0 Å². The summed E-state index contributed by atoms with van der Waals surface area (Å²) in [5.41, 5.74) is 2.30. The van der Waals surface area contributed by atoms with Gasteiger partial charge >= 0.3 is 0 Å². The zero-order valence-corrected chi connectivity index (χ0v) is 4.77. The molecule has 1 heterocycles. The molecule has 0 saturated heterocycles. The van der Waals surface area contributed by atoms with Crippen LogP contribution in [0.1, 0.15) is 0 Å². The van der Waals surface area contributed by atoms with Gasteiger partial charge in [-0.25, -0.2) is 5.84 Å². The van der Waals surface area contributed by atoms with Crippen molar-refractivity contribution < 1.29 is 5.11 Å². The van der Waals surface area contributed by atoms with Gasteiger partial charge in [0.1, 0.15) is 0 Å². The van der Waals surface area contributed by atoms with E-state index in [0.29, 0.717) is 5.13 Å². The Morgan fingerprint density at radius 1 is 1.88 bits per heavy atom. The molecule has 8 heavy (non-hydrogen) atoms. The van der Waals surface area contributed by atoms with Crippen molar-refractivity contribution in [3.05, 3.63) is 5.38 Å². The molecule has 0 spiro atoms. The summed E-state index contributed by atoms with van der Waals surface area (Å²) in [6, 6.07) is 0. The topological polar surface area (TPSA) is 71.2 Å². The number of rotatable bonds is 1. The van der Waals surface area contributed by atoms with Crippen LogP contribution in [0.5, 0.6) is 5.88 Å². The predicted octanol–water partition coefficient (Wildman–Crippen LogP) is 0.134. The fourth-order valence-electron chi connectivity index (χ4n) is 0.332. The smallest absolute Gasteiger partial charge is 0.223 e. The van der Waals surface area contributed by atoms with Crippen LogP contribution in [-0.4, -0.2) is 10.1 Å². The number of anilines is 1. The number of hydrogen-bond donors (Lipinski definition) is 3. The molecular weight excluding hydrogens is 126 g/mol. The molecule has 0 fully saturated rings. The molecule has 4 nitrogen and oxygen atoms in total. The van der Waals surface area contributed by atoms with Crippen LogP contribution in [0.25, 0.3) is 0 Å². The highest BCUT2D eigenvalue weighted by Gasteiger charge is 1.93. The molecule has 0 aliphatic heterocycles. The zero-order chi connectivity index (χ0) is 5.98. The molecule has 4 N–H and O–H groups in total. The van der Waals surface area contributed by atoms with Gasteiger partial charge < -0.3 is 5.11 Å². The summed E-state index contributed by atoms with van der Waals surface area (Å²) in [5.74, 6) is 4.95. The van der Waals surface area contributed by atoms with Crippen LogP contribution >= 0.6 is 11.3 Å². The number of nitrogens with two attached hydrogens (primary N) is 1. The Morgan fingerprint density at radius 2 is 2.62 bits per heavy atom. The Balaban J connectivity index is 2.84. The van der Waals surface area contributed by atoms with Crippen LogP contribution in [0.15, 0.2) is 5.38 Å². The molecule has 0 unspecified atom stereocenters. The van der Waals surface area contributed by atoms with E-state index in [0.717, 1.165) is 0 Å². The number of aromatic hydroxyl groups is 1. The second-order valence-electron chi connectivity index (χ2n) is 1.16. The number of hydrazine groups is 1. The average Bonchev–Trinajstić information content (AvgIpc) is 2.14. The number of nitrogens with zero attached hydrogens (tertiary/aromatic N) is 1. The molecule has 44 valence electrons. The zero-order valence-electron chi connectivity index (χ0n) is 3.96. The van der Waals surface area contributed by atoms with Crippen molar-refractivity contribution >= 4 is 16.5 Å². The molecule has 0 aliphatic rings. The van der Waals surface area contributed by atoms with Crippen LogP contribution < -0.4 is 11.3 Å². The quantitative estimate of drug-likeness (QED) is 0.374. The second kappa shape index (κ2) is 1.97. The summed E-state index contributed by atoms with van der Waals surface area (Å²) in [5, 5.41) is 10.6. The van der Waals surface area contributed by atoms with Crippen molar-refractivity contribution in [3.63, 3.8) is 0 Å². The summed E-state index contributed by atoms with van der Waals surface area (Å²) in [4.78, 5) is 3.57. The molecule has 0 atom stereocenters. The number of nitrogen functional groups attached to an aromatic ring is 1. The second-order valence-corrected chi connectivity index (χ2v) is 2.01. The lowest BCUT2D eigenvalue weighted by atomic mass is 10.9. The first-order chi connectivity index (χ1) is 3.83. The molecule has 0 amide bonds. The Kier molecular flexibility index (Phi) is 1.32. The highest BCUT2D eigenvalue weighted by atomic mass is 32.1. The maximum absolute atomic E-state index is 8.59. The predicted molar refractivity (Wildman–Crippen MR) is 31.6 cm³/mol. The fraction of sp³-hybridized carbons (Fsp3) is 0. The van der Waals surface area contributed by atoms with Crippen LogP contribution in [0, 0.1) is 0 Å². The van der Waals surface area contributed by atoms with Gasteiger partial charge in [-0.2, -0.15) is 4.98 Å². The maximum atomic E-state index is 8.59. The highest BCUT2D eigenvalue weighted by molar-refractivity contribution is 7.13. The normalized spacial score (nSPS) is 9.12. The molecule has 0 bridgehead atoms. The van der Waals surface area contributed by atoms with Gasteiger partial charge in [-0.05, 0) is 0 Å². The minimum atomic E-state index is 0.00273. The van der Waals surface area contributed by atoms with Gasteiger partial charge in [-0.3, -0.25) is 5.43 Å². The summed E-state index contributed by atoms with van der Waals surface area (Å²) in [7, 11) is 0. The maximum Gasteiger partial charge on any atom is 0.223 e. The number of nitrogens with one attached hydrogen (secondary N) is 1. The number of thiazole rings is 1. The first-order valence-corrected chi connectivity index (χ1v) is 2.82. The van der Waals surface area contributed by atoms with E-state index in [1.54, 1.807) is 0 Å². The largest absolute Gasteiger partial charge is 0.493 e. The standard InChI is InChI=1S/C3H5N3OS/c4-6-3-5-2(7)1-8-3/h1,7H,4H2,(H,5,6). The van der Waals surface area contributed by atoms with Crippen molar-refractivity contribution in [2.75, 3.05) is 5.43 Å². The summed E-state index contributed by atoms with van der Waals surface area (Å²) >= 11 is 1.25. The number of aromatic nitrogens is 1. The average molecular weight is 131 g/mol. The van der Waals surface area contributed by atoms with Crippen molar-refractivity contribution in [2.24, 2.45) is 5.84 Å². The van der Waals surface area contributed by atoms with Crippen molar-refractivity contribution in [1.29, 1.82) is 0 Å². The van der Waals surface area contributed by atoms with Gasteiger partial charge in [0.25, 0.3) is 0 Å². The molecule has 5 heteroatoms. The van der Waals surface area contributed by atoms with Crippen LogP contribution in [0.4, 0.5) is 5.13 Å². The first-order valence-electron chi connectivity index (χ1n) is 1.94. The summed E-state index contributed by atoms with van der Waals surface area (Å²) in [6.45, 7) is 0. The molecular formula is C3H5N3OS. The lowest BCUT2D eigenvalue weighted by Crippen LogP contribution is -2.05. The highest BCUT2D eigenvalue weighted by Crippen LogP contribution is 2.17. The monoisotopic (exact) mass is 131 g/mol. The van der Waals surface area contributed by atoms with Gasteiger partial charge in [0, 0.05) is 0 Å². The molecule has 1 rings (SSSR count). The van der Waals surface area contributed by atoms with E-state index in [2.05, 4.69) is 10.4 Å². The van der Waals surface area contributed by atoms with E-state index in [4.69, 9.17) is 10.9 Å². The van der Waals surface area contributed by atoms with Crippen molar-refractivity contribution in [2.45, 2.75) is 0 Å². The third-order valence-electron chi connectivity index (χ3n) is 0.616. The molecule has 0 saturated carbocycles. The van der Waals surface area contributed by atoms with E-state index in [1.165, 1.54) is 16.7 Å². The SMILES string of the molecule is NNc1nc(O)cs1. The number of hydrogen-bond acceptors (Lipinski definition) is 5. The van der Waals surface area contributed by atoms with E-state index in [9.17, 15) is 0 Å². The third-order valence-corrected chi connectivity index (χ3v) is 1.38. The Hall–Kier alpha value is -0.810. The fourth-order valence-corrected chi connectivity index (χ4v) is 0.816. The van der Waals surface area contributed by atoms with Gasteiger partial charge in [0.05, 0.1) is 5.38 Å². The summed E-state index contributed by atoms with van der Waals surface area (Å²) in [6.07, 6.45) is 0. The van der Waals surface area contributed by atoms with Crippen LogP contribution in [0.3, 0.4) is 0 Å². The first kappa shape index (κ1) is 5.33. The van der Waals surface area contributed by atoms with Gasteiger partial charge in [-0.15, -0.1) is 11.3 Å². The van der Waals surface area contributed by atoms with Gasteiger partial charge in [0.15, 0.2) is 5.13 Å². The van der Waals surface area contributed by atoms with Gasteiger partial charge in [0.2, 0.25) is 5.88 Å². The van der Waals surface area contributed by atoms with Crippen LogP contribution in [0.2, 0.25) is 0 Å². The molecule has 0 aromatic carbocycles.